The lowest BCUT2D eigenvalue weighted by atomic mass is 10.2. The third-order valence-electron chi connectivity index (χ3n) is 3.33. The Bertz CT molecular complexity index is 894. The van der Waals surface area contributed by atoms with Crippen molar-refractivity contribution in [3.8, 4) is 17.1 Å². The maximum absolute atomic E-state index is 4.40. The van der Waals surface area contributed by atoms with Gasteiger partial charge in [-0.15, -0.1) is 0 Å². The minimum absolute atomic E-state index is 0.658. The van der Waals surface area contributed by atoms with Crippen LogP contribution in [0.4, 0.5) is 0 Å². The van der Waals surface area contributed by atoms with Gasteiger partial charge in [0.05, 0.1) is 35.4 Å². The van der Waals surface area contributed by atoms with Gasteiger partial charge in [0.25, 0.3) is 0 Å². The SMILES string of the molecule is Brc1ccc2ccn(-c3cnc(-c4cn[nH]c4)nc3)c2c1. The highest BCUT2D eigenvalue weighted by Crippen LogP contribution is 2.24. The van der Waals surface area contributed by atoms with Crippen molar-refractivity contribution in [2.45, 2.75) is 0 Å². The molecule has 4 rings (SSSR count). The second-order valence-electron chi connectivity index (χ2n) is 4.64. The fourth-order valence-electron chi connectivity index (χ4n) is 2.29. The van der Waals surface area contributed by atoms with E-state index in [1.165, 1.54) is 5.39 Å². The van der Waals surface area contributed by atoms with E-state index >= 15 is 0 Å². The summed E-state index contributed by atoms with van der Waals surface area (Å²) in [5.41, 5.74) is 2.92. The Balaban J connectivity index is 1.80. The Morgan fingerprint density at radius 1 is 1.05 bits per heavy atom. The van der Waals surface area contributed by atoms with Crippen LogP contribution in [0.15, 0.2) is 59.7 Å². The van der Waals surface area contributed by atoms with Crippen LogP contribution in [0.1, 0.15) is 0 Å². The number of benzene rings is 1. The summed E-state index contributed by atoms with van der Waals surface area (Å²) in [4.78, 5) is 8.81. The summed E-state index contributed by atoms with van der Waals surface area (Å²) in [6.07, 6.45) is 9.13. The van der Waals surface area contributed by atoms with E-state index in [-0.39, 0.29) is 0 Å². The molecule has 21 heavy (non-hydrogen) atoms. The minimum atomic E-state index is 0.658. The molecule has 0 saturated heterocycles. The molecule has 0 aliphatic carbocycles. The molecule has 0 aliphatic rings. The van der Waals surface area contributed by atoms with E-state index in [1.807, 2.05) is 24.7 Å². The van der Waals surface area contributed by atoms with E-state index in [9.17, 15) is 0 Å². The average Bonchev–Trinajstić information content (AvgIpc) is 3.16. The quantitative estimate of drug-likeness (QED) is 0.607. The number of aromatic amines is 1. The molecule has 0 spiro atoms. The van der Waals surface area contributed by atoms with Crippen LogP contribution < -0.4 is 0 Å². The molecule has 0 aliphatic heterocycles. The molecular weight excluding hydrogens is 330 g/mol. The second kappa shape index (κ2) is 4.82. The summed E-state index contributed by atoms with van der Waals surface area (Å²) in [6, 6.07) is 8.27. The molecule has 0 radical (unpaired) electrons. The maximum Gasteiger partial charge on any atom is 0.162 e. The summed E-state index contributed by atoms with van der Waals surface area (Å²) >= 11 is 3.51. The van der Waals surface area contributed by atoms with E-state index in [1.54, 1.807) is 12.4 Å². The molecular formula is C15H10BrN5. The molecule has 5 nitrogen and oxygen atoms in total. The Hall–Kier alpha value is -2.47. The van der Waals surface area contributed by atoms with Crippen molar-refractivity contribution in [1.29, 1.82) is 0 Å². The van der Waals surface area contributed by atoms with Gasteiger partial charge >= 0.3 is 0 Å². The molecule has 0 saturated carbocycles. The van der Waals surface area contributed by atoms with Gasteiger partial charge in [0.1, 0.15) is 0 Å². The molecule has 4 aromatic rings. The summed E-state index contributed by atoms with van der Waals surface area (Å²) in [6.45, 7) is 0. The molecule has 3 heterocycles. The smallest absolute Gasteiger partial charge is 0.162 e. The van der Waals surface area contributed by atoms with Crippen molar-refractivity contribution in [1.82, 2.24) is 24.7 Å². The minimum Gasteiger partial charge on any atom is -0.314 e. The lowest BCUT2D eigenvalue weighted by molar-refractivity contribution is 1.05. The molecule has 0 atom stereocenters. The Kier molecular flexibility index (Phi) is 2.82. The van der Waals surface area contributed by atoms with E-state index < -0.39 is 0 Å². The molecule has 102 valence electrons. The molecule has 0 amide bonds. The largest absolute Gasteiger partial charge is 0.314 e. The monoisotopic (exact) mass is 339 g/mol. The molecule has 0 bridgehead atoms. The van der Waals surface area contributed by atoms with Crippen molar-refractivity contribution in [2.75, 3.05) is 0 Å². The van der Waals surface area contributed by atoms with Crippen LogP contribution in [0.5, 0.6) is 0 Å². The maximum atomic E-state index is 4.40. The number of aromatic nitrogens is 5. The normalized spacial score (nSPS) is 11.1. The number of nitrogens with zero attached hydrogens (tertiary/aromatic N) is 4. The Morgan fingerprint density at radius 2 is 1.90 bits per heavy atom. The fraction of sp³-hybridized carbons (Fsp3) is 0. The van der Waals surface area contributed by atoms with Crippen LogP contribution in [0.2, 0.25) is 0 Å². The van der Waals surface area contributed by atoms with E-state index in [0.717, 1.165) is 21.2 Å². The fourth-order valence-corrected chi connectivity index (χ4v) is 2.64. The van der Waals surface area contributed by atoms with Crippen molar-refractivity contribution < 1.29 is 0 Å². The number of hydrogen-bond donors (Lipinski definition) is 1. The van der Waals surface area contributed by atoms with Crippen LogP contribution in [0.3, 0.4) is 0 Å². The standard InChI is InChI=1S/C15H10BrN5/c16-12-2-1-10-3-4-21(14(10)5-12)13-8-17-15(18-9-13)11-6-19-20-7-11/h1-9H,(H,19,20). The highest BCUT2D eigenvalue weighted by molar-refractivity contribution is 9.10. The number of nitrogens with one attached hydrogen (secondary N) is 1. The van der Waals surface area contributed by atoms with Gasteiger partial charge in [-0.05, 0) is 18.2 Å². The number of H-pyrrole nitrogens is 1. The van der Waals surface area contributed by atoms with Gasteiger partial charge in [-0.3, -0.25) is 5.10 Å². The highest BCUT2D eigenvalue weighted by Gasteiger charge is 2.06. The zero-order valence-electron chi connectivity index (χ0n) is 10.9. The first kappa shape index (κ1) is 12.3. The van der Waals surface area contributed by atoms with Crippen molar-refractivity contribution >= 4 is 26.8 Å². The zero-order valence-corrected chi connectivity index (χ0v) is 12.4. The summed E-state index contributed by atoms with van der Waals surface area (Å²) in [5, 5.41) is 7.84. The van der Waals surface area contributed by atoms with E-state index in [2.05, 4.69) is 58.9 Å². The van der Waals surface area contributed by atoms with Crippen LogP contribution in [0, 0.1) is 0 Å². The molecule has 3 aromatic heterocycles. The van der Waals surface area contributed by atoms with Gasteiger partial charge in [0.2, 0.25) is 0 Å². The Labute approximate surface area is 128 Å². The van der Waals surface area contributed by atoms with Gasteiger partial charge in [0, 0.05) is 22.3 Å². The molecule has 6 heteroatoms. The van der Waals surface area contributed by atoms with Crippen LogP contribution in [0.25, 0.3) is 28.0 Å². The first-order valence-corrected chi connectivity index (χ1v) is 7.19. The molecule has 1 aromatic carbocycles. The number of rotatable bonds is 2. The van der Waals surface area contributed by atoms with Crippen LogP contribution in [-0.2, 0) is 0 Å². The number of halogens is 1. The summed E-state index contributed by atoms with van der Waals surface area (Å²) in [5.74, 6) is 0.658. The molecule has 0 unspecified atom stereocenters. The lowest BCUT2D eigenvalue weighted by Gasteiger charge is -2.05. The van der Waals surface area contributed by atoms with Gasteiger partial charge in [-0.25, -0.2) is 9.97 Å². The van der Waals surface area contributed by atoms with E-state index in [4.69, 9.17) is 0 Å². The molecule has 1 N–H and O–H groups in total. The first-order chi connectivity index (χ1) is 10.3. The summed E-state index contributed by atoms with van der Waals surface area (Å²) < 4.78 is 3.12. The topological polar surface area (TPSA) is 59.4 Å². The molecule has 0 fully saturated rings. The lowest BCUT2D eigenvalue weighted by Crippen LogP contribution is -1.96. The van der Waals surface area contributed by atoms with Gasteiger partial charge in [-0.2, -0.15) is 5.10 Å². The van der Waals surface area contributed by atoms with E-state index in [0.29, 0.717) is 5.82 Å². The zero-order chi connectivity index (χ0) is 14.2. The van der Waals surface area contributed by atoms with Crippen LogP contribution in [-0.4, -0.2) is 24.7 Å². The van der Waals surface area contributed by atoms with Gasteiger partial charge in [-0.1, -0.05) is 22.0 Å². The third kappa shape index (κ3) is 2.13. The summed E-state index contributed by atoms with van der Waals surface area (Å²) in [7, 11) is 0. The second-order valence-corrected chi connectivity index (χ2v) is 5.56. The average molecular weight is 340 g/mol. The van der Waals surface area contributed by atoms with Crippen LogP contribution >= 0.6 is 15.9 Å². The first-order valence-electron chi connectivity index (χ1n) is 6.39. The van der Waals surface area contributed by atoms with Gasteiger partial charge in [0.15, 0.2) is 5.82 Å². The number of hydrogen-bond acceptors (Lipinski definition) is 3. The van der Waals surface area contributed by atoms with Crippen molar-refractivity contribution in [3.05, 3.63) is 59.7 Å². The highest BCUT2D eigenvalue weighted by atomic mass is 79.9. The predicted molar refractivity (Wildman–Crippen MR) is 84.1 cm³/mol. The van der Waals surface area contributed by atoms with Crippen molar-refractivity contribution in [2.24, 2.45) is 0 Å². The van der Waals surface area contributed by atoms with Gasteiger partial charge < -0.3 is 4.57 Å². The third-order valence-corrected chi connectivity index (χ3v) is 3.82. The number of fused-ring (bicyclic) bond motifs is 1. The van der Waals surface area contributed by atoms with Crippen molar-refractivity contribution in [3.63, 3.8) is 0 Å². The Morgan fingerprint density at radius 3 is 2.67 bits per heavy atom. The predicted octanol–water partition coefficient (Wildman–Crippen LogP) is 3.57.